The summed E-state index contributed by atoms with van der Waals surface area (Å²) in [5.74, 6) is 0.249. The van der Waals surface area contributed by atoms with E-state index in [1.807, 2.05) is 6.92 Å². The zero-order valence-corrected chi connectivity index (χ0v) is 11.2. The lowest BCUT2D eigenvalue weighted by Crippen LogP contribution is -2.30. The van der Waals surface area contributed by atoms with Gasteiger partial charge in [0, 0.05) is 23.7 Å². The summed E-state index contributed by atoms with van der Waals surface area (Å²) < 4.78 is 0. The van der Waals surface area contributed by atoms with Crippen molar-refractivity contribution in [1.82, 2.24) is 10.6 Å². The van der Waals surface area contributed by atoms with Crippen molar-refractivity contribution in [3.05, 3.63) is 57.0 Å². The molecule has 0 saturated heterocycles. The van der Waals surface area contributed by atoms with Crippen LogP contribution < -0.4 is 10.6 Å². The molecule has 0 fully saturated rings. The van der Waals surface area contributed by atoms with Gasteiger partial charge in [-0.1, -0.05) is 29.8 Å². The molecule has 0 aliphatic rings. The van der Waals surface area contributed by atoms with Gasteiger partial charge in [-0.2, -0.15) is 0 Å². The molecule has 1 aromatic rings. The van der Waals surface area contributed by atoms with Crippen LogP contribution in [0.15, 0.2) is 36.3 Å². The first-order valence-electron chi connectivity index (χ1n) is 5.80. The van der Waals surface area contributed by atoms with Crippen LogP contribution in [-0.2, 0) is 0 Å². The molecule has 104 valence electrons. The second-order valence-corrected chi connectivity index (χ2v) is 4.18. The largest absolute Gasteiger partial charge is 0.387 e. The van der Waals surface area contributed by atoms with Gasteiger partial charge in [0.1, 0.15) is 0 Å². The van der Waals surface area contributed by atoms with E-state index >= 15 is 0 Å². The molecule has 0 saturated carbocycles. The highest BCUT2D eigenvalue weighted by molar-refractivity contribution is 6.31. The topological polar surface area (TPSA) is 87.4 Å². The van der Waals surface area contributed by atoms with E-state index in [1.54, 1.807) is 24.3 Å². The number of aliphatic hydroxyl groups is 1. The Morgan fingerprint density at radius 2 is 2.21 bits per heavy atom. The van der Waals surface area contributed by atoms with E-state index in [9.17, 15) is 15.2 Å². The highest BCUT2D eigenvalue weighted by Crippen LogP contribution is 2.21. The Morgan fingerprint density at radius 3 is 2.79 bits per heavy atom. The van der Waals surface area contributed by atoms with Gasteiger partial charge < -0.3 is 15.7 Å². The molecule has 1 rings (SSSR count). The number of nitrogens with zero attached hydrogens (tertiary/aromatic N) is 1. The Morgan fingerprint density at radius 1 is 1.53 bits per heavy atom. The summed E-state index contributed by atoms with van der Waals surface area (Å²) in [4.78, 5) is 9.86. The molecule has 6 nitrogen and oxygen atoms in total. The SMILES string of the molecule is CCNC(=C[N+](=O)[O-])NCC(O)c1ccccc1Cl. The second kappa shape index (κ2) is 7.60. The first-order valence-corrected chi connectivity index (χ1v) is 6.18. The maximum absolute atomic E-state index is 10.4. The van der Waals surface area contributed by atoms with E-state index in [1.165, 1.54) is 0 Å². The predicted octanol–water partition coefficient (Wildman–Crippen LogP) is 1.65. The number of hydrogen-bond acceptors (Lipinski definition) is 5. The van der Waals surface area contributed by atoms with E-state index in [0.29, 0.717) is 17.1 Å². The van der Waals surface area contributed by atoms with Crippen molar-refractivity contribution in [3.63, 3.8) is 0 Å². The first kappa shape index (κ1) is 15.3. The van der Waals surface area contributed by atoms with Crippen molar-refractivity contribution in [2.45, 2.75) is 13.0 Å². The zero-order valence-electron chi connectivity index (χ0n) is 10.5. The summed E-state index contributed by atoms with van der Waals surface area (Å²) in [6.07, 6.45) is -0.0227. The zero-order chi connectivity index (χ0) is 14.3. The molecule has 1 aromatic carbocycles. The molecule has 1 unspecified atom stereocenters. The molecule has 19 heavy (non-hydrogen) atoms. The number of hydrogen-bond donors (Lipinski definition) is 3. The van der Waals surface area contributed by atoms with Crippen molar-refractivity contribution >= 4 is 11.6 Å². The maximum Gasteiger partial charge on any atom is 0.274 e. The fourth-order valence-electron chi connectivity index (χ4n) is 1.51. The van der Waals surface area contributed by atoms with Gasteiger partial charge in [-0.15, -0.1) is 0 Å². The van der Waals surface area contributed by atoms with Gasteiger partial charge >= 0.3 is 0 Å². The molecule has 0 amide bonds. The number of benzene rings is 1. The molecule has 0 aliphatic heterocycles. The van der Waals surface area contributed by atoms with Crippen molar-refractivity contribution in [2.75, 3.05) is 13.1 Å². The van der Waals surface area contributed by atoms with Gasteiger partial charge in [0.05, 0.1) is 11.0 Å². The van der Waals surface area contributed by atoms with E-state index in [4.69, 9.17) is 11.6 Å². The van der Waals surface area contributed by atoms with Crippen LogP contribution in [0.25, 0.3) is 0 Å². The fourth-order valence-corrected chi connectivity index (χ4v) is 1.77. The molecular weight excluding hydrogens is 270 g/mol. The van der Waals surface area contributed by atoms with Crippen LogP contribution in [0.1, 0.15) is 18.6 Å². The standard InChI is InChI=1S/C12H16ClN3O3/c1-2-14-12(8-16(18)19)15-7-11(17)9-5-3-4-6-10(9)13/h3-6,8,11,14-15,17H,2,7H2,1H3. The van der Waals surface area contributed by atoms with Crippen LogP contribution in [0.2, 0.25) is 5.02 Å². The molecular formula is C12H16ClN3O3. The molecule has 0 spiro atoms. The molecule has 0 radical (unpaired) electrons. The molecule has 0 heterocycles. The summed E-state index contributed by atoms with van der Waals surface area (Å²) in [7, 11) is 0. The van der Waals surface area contributed by atoms with Crippen LogP contribution in [0.4, 0.5) is 0 Å². The summed E-state index contributed by atoms with van der Waals surface area (Å²) in [5, 5.41) is 26.4. The smallest absolute Gasteiger partial charge is 0.274 e. The Balaban J connectivity index is 2.64. The van der Waals surface area contributed by atoms with E-state index in [2.05, 4.69) is 10.6 Å². The number of halogens is 1. The normalized spacial score (nSPS) is 12.9. The van der Waals surface area contributed by atoms with E-state index < -0.39 is 11.0 Å². The van der Waals surface area contributed by atoms with E-state index in [-0.39, 0.29) is 12.4 Å². The first-order chi connectivity index (χ1) is 9.04. The molecule has 0 aromatic heterocycles. The summed E-state index contributed by atoms with van der Waals surface area (Å²) in [6, 6.07) is 6.92. The number of nitrogens with one attached hydrogen (secondary N) is 2. The third-order valence-electron chi connectivity index (χ3n) is 2.35. The maximum atomic E-state index is 10.4. The van der Waals surface area contributed by atoms with Crippen LogP contribution >= 0.6 is 11.6 Å². The molecule has 0 bridgehead atoms. The fraction of sp³-hybridized carbons (Fsp3) is 0.333. The monoisotopic (exact) mass is 285 g/mol. The minimum Gasteiger partial charge on any atom is -0.387 e. The van der Waals surface area contributed by atoms with Crippen LogP contribution in [0.3, 0.4) is 0 Å². The van der Waals surface area contributed by atoms with Gasteiger partial charge in [-0.05, 0) is 13.0 Å². The average Bonchev–Trinajstić information content (AvgIpc) is 2.36. The predicted molar refractivity (Wildman–Crippen MR) is 73.2 cm³/mol. The summed E-state index contributed by atoms with van der Waals surface area (Å²) in [6.45, 7) is 2.48. The van der Waals surface area contributed by atoms with Crippen LogP contribution in [0, 0.1) is 10.1 Å². The van der Waals surface area contributed by atoms with Gasteiger partial charge in [-0.25, -0.2) is 0 Å². The van der Waals surface area contributed by atoms with Gasteiger partial charge in [0.2, 0.25) is 0 Å². The van der Waals surface area contributed by atoms with Gasteiger partial charge in [0.15, 0.2) is 5.82 Å². The van der Waals surface area contributed by atoms with Crippen LogP contribution in [-0.4, -0.2) is 23.1 Å². The summed E-state index contributed by atoms with van der Waals surface area (Å²) >= 11 is 5.95. The lowest BCUT2D eigenvalue weighted by Gasteiger charge is -2.15. The molecule has 7 heteroatoms. The third-order valence-corrected chi connectivity index (χ3v) is 2.70. The molecule has 1 atom stereocenters. The van der Waals surface area contributed by atoms with Gasteiger partial charge in [0.25, 0.3) is 6.20 Å². The average molecular weight is 286 g/mol. The number of aliphatic hydroxyl groups excluding tert-OH is 1. The second-order valence-electron chi connectivity index (χ2n) is 3.78. The van der Waals surface area contributed by atoms with Gasteiger partial charge in [-0.3, -0.25) is 10.1 Å². The Labute approximate surface area is 116 Å². The summed E-state index contributed by atoms with van der Waals surface area (Å²) in [5.41, 5.74) is 0.577. The Bertz CT molecular complexity index is 465. The lowest BCUT2D eigenvalue weighted by molar-refractivity contribution is -0.404. The highest BCUT2D eigenvalue weighted by atomic mass is 35.5. The lowest BCUT2D eigenvalue weighted by atomic mass is 10.1. The van der Waals surface area contributed by atoms with Crippen molar-refractivity contribution in [2.24, 2.45) is 0 Å². The minimum absolute atomic E-state index is 0.121. The van der Waals surface area contributed by atoms with E-state index in [0.717, 1.165) is 6.20 Å². The quantitative estimate of drug-likeness (QED) is 0.524. The molecule has 3 N–H and O–H groups in total. The molecule has 0 aliphatic carbocycles. The minimum atomic E-state index is -0.845. The number of nitro groups is 1. The number of rotatable bonds is 7. The van der Waals surface area contributed by atoms with Crippen LogP contribution in [0.5, 0.6) is 0 Å². The third kappa shape index (κ3) is 5.15. The Kier molecular flexibility index (Phi) is 6.11. The highest BCUT2D eigenvalue weighted by Gasteiger charge is 2.12. The van der Waals surface area contributed by atoms with Crippen molar-refractivity contribution < 1.29 is 10.0 Å². The Hall–Kier alpha value is -1.79. The van der Waals surface area contributed by atoms with Crippen molar-refractivity contribution in [3.8, 4) is 0 Å². The van der Waals surface area contributed by atoms with Crippen molar-refractivity contribution in [1.29, 1.82) is 0 Å².